The molecular weight excluding hydrogens is 258 g/mol. The topological polar surface area (TPSA) is 32.5 Å². The third-order valence-corrected chi connectivity index (χ3v) is 5.78. The summed E-state index contributed by atoms with van der Waals surface area (Å²) in [5.41, 5.74) is 7.64. The standard InChI is InChI=1S/C18H27N3/c19-15-7-4-8-16(9-15)21-13-17-10-18(21)12-20(17)11-14-5-2-1-3-6-14/h1-3,5-6,15-18H,4,7-13,19H2. The molecule has 21 heavy (non-hydrogen) atoms. The summed E-state index contributed by atoms with van der Waals surface area (Å²) < 4.78 is 0. The van der Waals surface area contributed by atoms with Crippen LogP contribution in [0.4, 0.5) is 0 Å². The van der Waals surface area contributed by atoms with E-state index < -0.39 is 0 Å². The molecule has 1 aromatic carbocycles. The SMILES string of the molecule is NC1CCCC(N2CC3CC2CN3Cc2ccccc2)C1. The second-order valence-electron chi connectivity index (χ2n) is 7.24. The maximum atomic E-state index is 6.18. The second-order valence-corrected chi connectivity index (χ2v) is 7.24. The van der Waals surface area contributed by atoms with Gasteiger partial charge in [0.1, 0.15) is 0 Å². The Labute approximate surface area is 128 Å². The van der Waals surface area contributed by atoms with Crippen molar-refractivity contribution in [2.45, 2.75) is 62.8 Å². The number of nitrogens with two attached hydrogens (primary N) is 1. The lowest BCUT2D eigenvalue weighted by molar-refractivity contribution is 0.0678. The van der Waals surface area contributed by atoms with E-state index in [0.717, 1.165) is 24.7 Å². The van der Waals surface area contributed by atoms with E-state index in [1.165, 1.54) is 50.8 Å². The van der Waals surface area contributed by atoms with Gasteiger partial charge in [-0.1, -0.05) is 36.8 Å². The molecule has 3 fully saturated rings. The van der Waals surface area contributed by atoms with Gasteiger partial charge >= 0.3 is 0 Å². The van der Waals surface area contributed by atoms with E-state index in [4.69, 9.17) is 5.73 Å². The van der Waals surface area contributed by atoms with Crippen LogP contribution in [0.25, 0.3) is 0 Å². The van der Waals surface area contributed by atoms with Crippen molar-refractivity contribution in [3.63, 3.8) is 0 Å². The molecule has 2 bridgehead atoms. The molecular formula is C18H27N3. The van der Waals surface area contributed by atoms with Gasteiger partial charge in [0.25, 0.3) is 0 Å². The van der Waals surface area contributed by atoms with E-state index in [2.05, 4.69) is 40.1 Å². The molecule has 1 saturated carbocycles. The van der Waals surface area contributed by atoms with Crippen molar-refractivity contribution in [2.75, 3.05) is 13.1 Å². The van der Waals surface area contributed by atoms with Crippen LogP contribution < -0.4 is 5.73 Å². The zero-order valence-corrected chi connectivity index (χ0v) is 12.8. The van der Waals surface area contributed by atoms with Crippen molar-refractivity contribution < 1.29 is 0 Å². The summed E-state index contributed by atoms with van der Waals surface area (Å²) in [5, 5.41) is 0. The predicted molar refractivity (Wildman–Crippen MR) is 86.0 cm³/mol. The molecule has 2 saturated heterocycles. The summed E-state index contributed by atoms with van der Waals surface area (Å²) in [6, 6.07) is 13.7. The Morgan fingerprint density at radius 1 is 0.952 bits per heavy atom. The fraction of sp³-hybridized carbons (Fsp3) is 0.667. The monoisotopic (exact) mass is 285 g/mol. The maximum Gasteiger partial charge on any atom is 0.0242 e. The largest absolute Gasteiger partial charge is 0.328 e. The van der Waals surface area contributed by atoms with Gasteiger partial charge in [0.2, 0.25) is 0 Å². The van der Waals surface area contributed by atoms with Crippen LogP contribution in [-0.2, 0) is 6.54 Å². The number of piperazine rings is 1. The van der Waals surface area contributed by atoms with E-state index in [1.807, 2.05) is 0 Å². The summed E-state index contributed by atoms with van der Waals surface area (Å²) >= 11 is 0. The molecule has 4 atom stereocenters. The normalized spacial score (nSPS) is 37.2. The maximum absolute atomic E-state index is 6.18. The van der Waals surface area contributed by atoms with Gasteiger partial charge in [-0.25, -0.2) is 0 Å². The average molecular weight is 285 g/mol. The second kappa shape index (κ2) is 5.71. The highest BCUT2D eigenvalue weighted by Crippen LogP contribution is 2.36. The van der Waals surface area contributed by atoms with E-state index in [-0.39, 0.29) is 0 Å². The third kappa shape index (κ3) is 2.75. The summed E-state index contributed by atoms with van der Waals surface area (Å²) in [6.45, 7) is 3.65. The Morgan fingerprint density at radius 2 is 1.81 bits per heavy atom. The predicted octanol–water partition coefficient (Wildman–Crippen LogP) is 2.21. The van der Waals surface area contributed by atoms with Crippen LogP contribution in [0.5, 0.6) is 0 Å². The van der Waals surface area contributed by atoms with Gasteiger partial charge < -0.3 is 5.73 Å². The van der Waals surface area contributed by atoms with Crippen LogP contribution in [-0.4, -0.2) is 47.1 Å². The first-order chi connectivity index (χ1) is 10.3. The quantitative estimate of drug-likeness (QED) is 0.924. The Morgan fingerprint density at radius 3 is 2.52 bits per heavy atom. The number of hydrogen-bond donors (Lipinski definition) is 1. The molecule has 0 aromatic heterocycles. The van der Waals surface area contributed by atoms with E-state index in [1.54, 1.807) is 0 Å². The summed E-state index contributed by atoms with van der Waals surface area (Å²) in [7, 11) is 0. The van der Waals surface area contributed by atoms with Gasteiger partial charge in [-0.3, -0.25) is 9.80 Å². The molecule has 2 aliphatic heterocycles. The lowest BCUT2D eigenvalue weighted by atomic mass is 9.90. The molecule has 2 heterocycles. The van der Waals surface area contributed by atoms with Crippen molar-refractivity contribution in [1.29, 1.82) is 0 Å². The molecule has 3 aliphatic rings. The Hall–Kier alpha value is -0.900. The van der Waals surface area contributed by atoms with Crippen LogP contribution >= 0.6 is 0 Å². The summed E-state index contributed by atoms with van der Waals surface area (Å²) in [6.07, 6.45) is 6.53. The number of nitrogens with zero attached hydrogens (tertiary/aromatic N) is 2. The van der Waals surface area contributed by atoms with Crippen LogP contribution in [0.15, 0.2) is 30.3 Å². The Balaban J connectivity index is 1.37. The number of rotatable bonds is 3. The molecule has 3 nitrogen and oxygen atoms in total. The molecule has 1 aliphatic carbocycles. The third-order valence-electron chi connectivity index (χ3n) is 5.78. The van der Waals surface area contributed by atoms with Crippen LogP contribution in [0.2, 0.25) is 0 Å². The van der Waals surface area contributed by atoms with Crippen LogP contribution in [0.3, 0.4) is 0 Å². The number of likely N-dealkylation sites (tertiary alicyclic amines) is 2. The molecule has 0 amide bonds. The van der Waals surface area contributed by atoms with Crippen molar-refractivity contribution >= 4 is 0 Å². The number of benzene rings is 1. The van der Waals surface area contributed by atoms with Crippen molar-refractivity contribution in [3.05, 3.63) is 35.9 Å². The molecule has 3 heteroatoms. The van der Waals surface area contributed by atoms with Gasteiger partial charge in [-0.15, -0.1) is 0 Å². The van der Waals surface area contributed by atoms with Crippen molar-refractivity contribution in [1.82, 2.24) is 9.80 Å². The highest BCUT2D eigenvalue weighted by atomic mass is 15.4. The minimum atomic E-state index is 0.447. The van der Waals surface area contributed by atoms with Crippen molar-refractivity contribution in [3.8, 4) is 0 Å². The number of fused-ring (bicyclic) bond motifs is 2. The minimum Gasteiger partial charge on any atom is -0.328 e. The first kappa shape index (κ1) is 13.7. The average Bonchev–Trinajstić information content (AvgIpc) is 3.08. The smallest absolute Gasteiger partial charge is 0.0242 e. The van der Waals surface area contributed by atoms with Gasteiger partial charge in [-0.05, 0) is 31.2 Å². The zero-order valence-electron chi connectivity index (χ0n) is 12.8. The van der Waals surface area contributed by atoms with Gasteiger partial charge in [0.05, 0.1) is 0 Å². The molecule has 0 spiro atoms. The molecule has 2 N–H and O–H groups in total. The molecule has 1 aromatic rings. The van der Waals surface area contributed by atoms with Gasteiger partial charge in [0, 0.05) is 43.8 Å². The zero-order chi connectivity index (χ0) is 14.2. The minimum absolute atomic E-state index is 0.447. The molecule has 114 valence electrons. The Bertz CT molecular complexity index is 475. The first-order valence-electron chi connectivity index (χ1n) is 8.59. The first-order valence-corrected chi connectivity index (χ1v) is 8.59. The summed E-state index contributed by atoms with van der Waals surface area (Å²) in [4.78, 5) is 5.49. The van der Waals surface area contributed by atoms with Crippen LogP contribution in [0.1, 0.15) is 37.7 Å². The highest BCUT2D eigenvalue weighted by molar-refractivity contribution is 5.16. The molecule has 4 unspecified atom stereocenters. The molecule has 4 rings (SSSR count). The lowest BCUT2D eigenvalue weighted by Crippen LogP contribution is -2.52. The number of hydrogen-bond acceptors (Lipinski definition) is 3. The fourth-order valence-corrected chi connectivity index (χ4v) is 4.74. The molecule has 0 radical (unpaired) electrons. The van der Waals surface area contributed by atoms with E-state index >= 15 is 0 Å². The Kier molecular flexibility index (Phi) is 3.74. The van der Waals surface area contributed by atoms with E-state index in [0.29, 0.717) is 6.04 Å². The van der Waals surface area contributed by atoms with Gasteiger partial charge in [0.15, 0.2) is 0 Å². The summed E-state index contributed by atoms with van der Waals surface area (Å²) in [5.74, 6) is 0. The highest BCUT2D eigenvalue weighted by Gasteiger charge is 2.45. The van der Waals surface area contributed by atoms with Gasteiger partial charge in [-0.2, -0.15) is 0 Å². The van der Waals surface area contributed by atoms with Crippen LogP contribution in [0, 0.1) is 0 Å². The van der Waals surface area contributed by atoms with E-state index in [9.17, 15) is 0 Å². The lowest BCUT2D eigenvalue weighted by Gasteiger charge is -2.41. The van der Waals surface area contributed by atoms with Crippen molar-refractivity contribution in [2.24, 2.45) is 5.73 Å². The fourth-order valence-electron chi connectivity index (χ4n) is 4.74.